The molecule has 20 heavy (non-hydrogen) atoms. The van der Waals surface area contributed by atoms with Crippen LogP contribution in [0.3, 0.4) is 0 Å². The van der Waals surface area contributed by atoms with Crippen LogP contribution in [0.1, 0.15) is 30.8 Å². The second kappa shape index (κ2) is 6.95. The highest BCUT2D eigenvalue weighted by Gasteiger charge is 2.03. The Kier molecular flexibility index (Phi) is 5.26. The third-order valence-corrected chi connectivity index (χ3v) is 4.17. The summed E-state index contributed by atoms with van der Waals surface area (Å²) < 4.78 is 1.96. The van der Waals surface area contributed by atoms with E-state index in [0.29, 0.717) is 6.04 Å². The summed E-state index contributed by atoms with van der Waals surface area (Å²) in [5.74, 6) is 0.959. The number of aromatic nitrogens is 2. The first-order valence-electron chi connectivity index (χ1n) is 6.99. The monoisotopic (exact) mass is 289 g/mol. The molecule has 0 unspecified atom stereocenters. The summed E-state index contributed by atoms with van der Waals surface area (Å²) >= 11 is 1.85. The highest BCUT2D eigenvalue weighted by atomic mass is 32.2. The van der Waals surface area contributed by atoms with Crippen LogP contribution < -0.4 is 5.32 Å². The molecule has 0 saturated carbocycles. The second-order valence-electron chi connectivity index (χ2n) is 5.37. The van der Waals surface area contributed by atoms with Gasteiger partial charge in [0.1, 0.15) is 0 Å². The van der Waals surface area contributed by atoms with Crippen LogP contribution in [0.15, 0.2) is 35.2 Å². The number of benzene rings is 1. The van der Waals surface area contributed by atoms with Gasteiger partial charge in [0, 0.05) is 36.0 Å². The summed E-state index contributed by atoms with van der Waals surface area (Å²) in [5.41, 5.74) is 3.68. The largest absolute Gasteiger partial charge is 0.310 e. The van der Waals surface area contributed by atoms with Crippen molar-refractivity contribution in [1.29, 1.82) is 0 Å². The third kappa shape index (κ3) is 4.39. The predicted molar refractivity (Wildman–Crippen MR) is 85.9 cm³/mol. The lowest BCUT2D eigenvalue weighted by Crippen LogP contribution is -2.21. The van der Waals surface area contributed by atoms with E-state index in [1.165, 1.54) is 16.2 Å². The molecule has 1 aromatic heterocycles. The van der Waals surface area contributed by atoms with Crippen molar-refractivity contribution >= 4 is 11.8 Å². The molecule has 0 aliphatic rings. The first kappa shape index (κ1) is 15.1. The van der Waals surface area contributed by atoms with Crippen molar-refractivity contribution in [2.75, 3.05) is 0 Å². The van der Waals surface area contributed by atoms with Crippen molar-refractivity contribution in [3.63, 3.8) is 0 Å². The Morgan fingerprint density at radius 2 is 1.95 bits per heavy atom. The molecule has 4 heteroatoms. The minimum Gasteiger partial charge on any atom is -0.310 e. The Bertz CT molecular complexity index is 543. The van der Waals surface area contributed by atoms with Gasteiger partial charge in [-0.05, 0) is 30.7 Å². The average Bonchev–Trinajstić information content (AvgIpc) is 2.73. The van der Waals surface area contributed by atoms with Gasteiger partial charge in [-0.3, -0.25) is 4.68 Å². The Morgan fingerprint density at radius 1 is 1.25 bits per heavy atom. The number of rotatable bonds is 6. The molecule has 0 amide bonds. The molecule has 0 saturated heterocycles. The summed E-state index contributed by atoms with van der Waals surface area (Å²) in [4.78, 5) is 1.30. The zero-order valence-electron chi connectivity index (χ0n) is 12.7. The van der Waals surface area contributed by atoms with Gasteiger partial charge in [0.25, 0.3) is 0 Å². The van der Waals surface area contributed by atoms with E-state index < -0.39 is 0 Å². The Labute approximate surface area is 125 Å². The molecule has 0 radical (unpaired) electrons. The molecule has 0 atom stereocenters. The molecule has 0 aliphatic carbocycles. The highest BCUT2D eigenvalue weighted by Crippen LogP contribution is 2.23. The molecular formula is C16H23N3S. The fourth-order valence-corrected chi connectivity index (χ4v) is 2.90. The van der Waals surface area contributed by atoms with E-state index in [1.54, 1.807) is 0 Å². The van der Waals surface area contributed by atoms with E-state index in [-0.39, 0.29) is 0 Å². The maximum absolute atomic E-state index is 4.37. The average molecular weight is 289 g/mol. The SMILES string of the molecule is Cc1cc(CSc2ccc(CNC(C)C)cc2)n(C)n1. The minimum absolute atomic E-state index is 0.525. The van der Waals surface area contributed by atoms with Crippen LogP contribution >= 0.6 is 11.8 Å². The lowest BCUT2D eigenvalue weighted by atomic mass is 10.2. The normalized spacial score (nSPS) is 11.2. The van der Waals surface area contributed by atoms with Crippen LogP contribution in [0.25, 0.3) is 0 Å². The van der Waals surface area contributed by atoms with Crippen molar-refractivity contribution < 1.29 is 0 Å². The molecule has 2 rings (SSSR count). The molecule has 1 heterocycles. The molecular weight excluding hydrogens is 266 g/mol. The van der Waals surface area contributed by atoms with Crippen molar-refractivity contribution in [3.05, 3.63) is 47.3 Å². The van der Waals surface area contributed by atoms with Gasteiger partial charge in [0.05, 0.1) is 5.69 Å². The van der Waals surface area contributed by atoms with E-state index in [4.69, 9.17) is 0 Å². The number of aryl methyl sites for hydroxylation is 2. The topological polar surface area (TPSA) is 29.9 Å². The van der Waals surface area contributed by atoms with Crippen LogP contribution in [-0.4, -0.2) is 15.8 Å². The van der Waals surface area contributed by atoms with Crippen LogP contribution in [0.4, 0.5) is 0 Å². The smallest absolute Gasteiger partial charge is 0.0596 e. The molecule has 0 aliphatic heterocycles. The van der Waals surface area contributed by atoms with Crippen LogP contribution in [0.2, 0.25) is 0 Å². The summed E-state index contributed by atoms with van der Waals surface area (Å²) in [6.45, 7) is 7.30. The zero-order valence-corrected chi connectivity index (χ0v) is 13.5. The van der Waals surface area contributed by atoms with E-state index in [2.05, 4.69) is 54.6 Å². The number of nitrogens with one attached hydrogen (secondary N) is 1. The minimum atomic E-state index is 0.525. The van der Waals surface area contributed by atoms with Crippen LogP contribution in [0.5, 0.6) is 0 Å². The first-order valence-corrected chi connectivity index (χ1v) is 7.98. The standard InChI is InChI=1S/C16H23N3S/c1-12(2)17-10-14-5-7-16(8-6-14)20-11-15-9-13(3)18-19(15)4/h5-9,12,17H,10-11H2,1-4H3. The van der Waals surface area contributed by atoms with Gasteiger partial charge in [-0.15, -0.1) is 11.8 Å². The molecule has 0 spiro atoms. The molecule has 0 fully saturated rings. The van der Waals surface area contributed by atoms with Gasteiger partial charge >= 0.3 is 0 Å². The molecule has 2 aromatic rings. The lowest BCUT2D eigenvalue weighted by molar-refractivity contribution is 0.588. The van der Waals surface area contributed by atoms with E-state index in [0.717, 1.165) is 18.0 Å². The van der Waals surface area contributed by atoms with Gasteiger partial charge in [-0.2, -0.15) is 5.10 Å². The van der Waals surface area contributed by atoms with Crippen molar-refractivity contribution in [2.45, 2.75) is 44.0 Å². The number of hydrogen-bond acceptors (Lipinski definition) is 3. The Morgan fingerprint density at radius 3 is 2.50 bits per heavy atom. The maximum Gasteiger partial charge on any atom is 0.0596 e. The number of hydrogen-bond donors (Lipinski definition) is 1. The van der Waals surface area contributed by atoms with Gasteiger partial charge < -0.3 is 5.32 Å². The van der Waals surface area contributed by atoms with Crippen molar-refractivity contribution in [2.24, 2.45) is 7.05 Å². The summed E-state index contributed by atoms with van der Waals surface area (Å²) in [5, 5.41) is 7.80. The van der Waals surface area contributed by atoms with Crippen molar-refractivity contribution in [1.82, 2.24) is 15.1 Å². The summed E-state index contributed by atoms with van der Waals surface area (Å²) in [7, 11) is 2.00. The Balaban J connectivity index is 1.89. The van der Waals surface area contributed by atoms with Crippen molar-refractivity contribution in [3.8, 4) is 0 Å². The van der Waals surface area contributed by atoms with E-state index in [9.17, 15) is 0 Å². The van der Waals surface area contributed by atoms with Gasteiger partial charge in [-0.1, -0.05) is 26.0 Å². The third-order valence-electron chi connectivity index (χ3n) is 3.12. The molecule has 0 bridgehead atoms. The number of thioether (sulfide) groups is 1. The summed E-state index contributed by atoms with van der Waals surface area (Å²) in [6, 6.07) is 11.5. The summed E-state index contributed by atoms with van der Waals surface area (Å²) in [6.07, 6.45) is 0. The van der Waals surface area contributed by atoms with Gasteiger partial charge in [0.15, 0.2) is 0 Å². The predicted octanol–water partition coefficient (Wildman–Crippen LogP) is 3.52. The fraction of sp³-hybridized carbons (Fsp3) is 0.438. The first-order chi connectivity index (χ1) is 9.54. The Hall–Kier alpha value is -1.26. The number of nitrogens with zero attached hydrogens (tertiary/aromatic N) is 2. The maximum atomic E-state index is 4.37. The second-order valence-corrected chi connectivity index (χ2v) is 6.42. The zero-order chi connectivity index (χ0) is 14.5. The molecule has 1 aromatic carbocycles. The van der Waals surface area contributed by atoms with E-state index >= 15 is 0 Å². The van der Waals surface area contributed by atoms with Crippen LogP contribution in [-0.2, 0) is 19.3 Å². The molecule has 1 N–H and O–H groups in total. The highest BCUT2D eigenvalue weighted by molar-refractivity contribution is 7.98. The fourth-order valence-electron chi connectivity index (χ4n) is 1.98. The lowest BCUT2D eigenvalue weighted by Gasteiger charge is -2.08. The van der Waals surface area contributed by atoms with Gasteiger partial charge in [0.2, 0.25) is 0 Å². The van der Waals surface area contributed by atoms with E-state index in [1.807, 2.05) is 30.4 Å². The van der Waals surface area contributed by atoms with Crippen LogP contribution in [0, 0.1) is 6.92 Å². The quantitative estimate of drug-likeness (QED) is 0.825. The molecule has 108 valence electrons. The molecule has 3 nitrogen and oxygen atoms in total. The van der Waals surface area contributed by atoms with Gasteiger partial charge in [-0.25, -0.2) is 0 Å².